The van der Waals surface area contributed by atoms with E-state index >= 15 is 0 Å². The second-order valence-corrected chi connectivity index (χ2v) is 5.38. The minimum atomic E-state index is -1.16. The summed E-state index contributed by atoms with van der Waals surface area (Å²) in [5.41, 5.74) is -1.02. The van der Waals surface area contributed by atoms with E-state index in [1.807, 2.05) is 0 Å². The summed E-state index contributed by atoms with van der Waals surface area (Å²) in [6.07, 6.45) is 1.62. The molecule has 1 aliphatic carbocycles. The average Bonchev–Trinajstić information content (AvgIpc) is 2.30. The van der Waals surface area contributed by atoms with Crippen LogP contribution in [0.5, 0.6) is 11.5 Å². The van der Waals surface area contributed by atoms with Gasteiger partial charge in [0.25, 0.3) is 0 Å². The van der Waals surface area contributed by atoms with Crippen molar-refractivity contribution < 1.29 is 23.8 Å². The van der Waals surface area contributed by atoms with Gasteiger partial charge in [0.1, 0.15) is 0 Å². The first-order chi connectivity index (χ1) is 8.97. The van der Waals surface area contributed by atoms with Gasteiger partial charge >= 0.3 is 5.97 Å². The Morgan fingerprint density at radius 1 is 1.42 bits per heavy atom. The van der Waals surface area contributed by atoms with Gasteiger partial charge in [0.15, 0.2) is 17.3 Å². The molecule has 19 heavy (non-hydrogen) atoms. The molecule has 0 radical (unpaired) electrons. The van der Waals surface area contributed by atoms with Crippen molar-refractivity contribution in [2.75, 3.05) is 14.2 Å². The molecule has 1 aromatic carbocycles. The van der Waals surface area contributed by atoms with Gasteiger partial charge in [0.05, 0.1) is 19.6 Å². The van der Waals surface area contributed by atoms with Gasteiger partial charge in [0, 0.05) is 10.0 Å². The third-order valence-corrected chi connectivity index (χ3v) is 4.28. The Bertz CT molecular complexity index is 526. The molecule has 6 heteroatoms. The van der Waals surface area contributed by atoms with Crippen molar-refractivity contribution in [3.05, 3.63) is 21.9 Å². The highest BCUT2D eigenvalue weighted by Gasteiger charge is 2.49. The third kappa shape index (κ3) is 1.98. The molecule has 4 nitrogen and oxygen atoms in total. The zero-order valence-electron chi connectivity index (χ0n) is 10.6. The molecule has 0 amide bonds. The molecule has 104 valence electrons. The number of carboxylic acids is 1. The Morgan fingerprint density at radius 3 is 2.42 bits per heavy atom. The summed E-state index contributed by atoms with van der Waals surface area (Å²) in [5, 5.41) is 9.42. The second kappa shape index (κ2) is 5.00. The van der Waals surface area contributed by atoms with Crippen LogP contribution in [0, 0.1) is 5.82 Å². The van der Waals surface area contributed by atoms with E-state index < -0.39 is 17.2 Å². The highest BCUT2D eigenvalue weighted by Crippen LogP contribution is 2.50. The van der Waals surface area contributed by atoms with Crippen LogP contribution in [0.25, 0.3) is 0 Å². The van der Waals surface area contributed by atoms with Gasteiger partial charge in [-0.3, -0.25) is 4.79 Å². The van der Waals surface area contributed by atoms with Gasteiger partial charge in [-0.1, -0.05) is 22.4 Å². The van der Waals surface area contributed by atoms with E-state index in [1.165, 1.54) is 14.2 Å². The van der Waals surface area contributed by atoms with Crippen LogP contribution in [0.1, 0.15) is 24.8 Å². The predicted molar refractivity (Wildman–Crippen MR) is 70.4 cm³/mol. The maximum Gasteiger partial charge on any atom is 0.314 e. The average molecular weight is 333 g/mol. The van der Waals surface area contributed by atoms with Gasteiger partial charge < -0.3 is 14.6 Å². The number of aliphatic carboxylic acids is 1. The van der Waals surface area contributed by atoms with Crippen molar-refractivity contribution in [2.24, 2.45) is 0 Å². The van der Waals surface area contributed by atoms with Gasteiger partial charge in [-0.25, -0.2) is 4.39 Å². The number of hydrogen-bond donors (Lipinski definition) is 1. The number of rotatable bonds is 4. The molecule has 1 fully saturated rings. The smallest absolute Gasteiger partial charge is 0.314 e. The second-order valence-electron chi connectivity index (χ2n) is 4.52. The molecule has 0 aliphatic heterocycles. The number of benzene rings is 1. The zero-order valence-corrected chi connectivity index (χ0v) is 12.2. The van der Waals surface area contributed by atoms with Crippen molar-refractivity contribution in [1.29, 1.82) is 0 Å². The van der Waals surface area contributed by atoms with Crippen LogP contribution in [0.3, 0.4) is 0 Å². The summed E-state index contributed by atoms with van der Waals surface area (Å²) in [5.74, 6) is -1.51. The van der Waals surface area contributed by atoms with Crippen LogP contribution in [0.4, 0.5) is 4.39 Å². The maximum absolute atomic E-state index is 14.6. The Labute approximate surface area is 118 Å². The number of carbonyl (C=O) groups is 1. The van der Waals surface area contributed by atoms with Gasteiger partial charge in [0.2, 0.25) is 0 Å². The number of halogens is 2. The van der Waals surface area contributed by atoms with Crippen LogP contribution < -0.4 is 9.47 Å². The van der Waals surface area contributed by atoms with Crippen molar-refractivity contribution in [2.45, 2.75) is 24.7 Å². The number of hydrogen-bond acceptors (Lipinski definition) is 3. The number of methoxy groups -OCH3 is 2. The molecule has 0 bridgehead atoms. The fraction of sp³-hybridized carbons (Fsp3) is 0.462. The highest BCUT2D eigenvalue weighted by molar-refractivity contribution is 9.10. The quantitative estimate of drug-likeness (QED) is 0.920. The molecule has 0 heterocycles. The molecular formula is C13H14BrFO4. The lowest BCUT2D eigenvalue weighted by Gasteiger charge is -2.39. The fourth-order valence-electron chi connectivity index (χ4n) is 2.46. The first-order valence-electron chi connectivity index (χ1n) is 5.81. The summed E-state index contributed by atoms with van der Waals surface area (Å²) in [4.78, 5) is 11.5. The SMILES string of the molecule is COc1cc(Br)c(C2(C(=O)O)CCC2)c(F)c1OC. The highest BCUT2D eigenvalue weighted by atomic mass is 79.9. The van der Waals surface area contributed by atoms with E-state index in [4.69, 9.17) is 9.47 Å². The standard InChI is InChI=1S/C13H14BrFO4/c1-18-8-6-7(14)9(10(15)11(8)19-2)13(12(16)17)4-3-5-13/h6H,3-5H2,1-2H3,(H,16,17). The predicted octanol–water partition coefficient (Wildman–Crippen LogP) is 3.11. The largest absolute Gasteiger partial charge is 0.493 e. The van der Waals surface area contributed by atoms with Crippen LogP contribution in [0.2, 0.25) is 0 Å². The number of ether oxygens (including phenoxy) is 2. The first kappa shape index (κ1) is 14.1. The van der Waals surface area contributed by atoms with Crippen LogP contribution in [0.15, 0.2) is 10.5 Å². The van der Waals surface area contributed by atoms with E-state index in [9.17, 15) is 14.3 Å². The monoisotopic (exact) mass is 332 g/mol. The summed E-state index contributed by atoms with van der Waals surface area (Å²) < 4.78 is 25.0. The summed E-state index contributed by atoms with van der Waals surface area (Å²) in [6.45, 7) is 0. The fourth-order valence-corrected chi connectivity index (χ4v) is 3.22. The van der Waals surface area contributed by atoms with Gasteiger partial charge in [-0.05, 0) is 18.9 Å². The lowest BCUT2D eigenvalue weighted by molar-refractivity contribution is -0.147. The molecule has 1 aromatic rings. The Kier molecular flexibility index (Phi) is 3.71. The third-order valence-electron chi connectivity index (χ3n) is 3.66. The van der Waals surface area contributed by atoms with E-state index in [0.29, 0.717) is 17.3 Å². The molecular weight excluding hydrogens is 319 g/mol. The molecule has 2 rings (SSSR count). The van der Waals surface area contributed by atoms with Crippen LogP contribution >= 0.6 is 15.9 Å². The maximum atomic E-state index is 14.6. The van der Waals surface area contributed by atoms with Crippen LogP contribution in [-0.4, -0.2) is 25.3 Å². The van der Waals surface area contributed by atoms with Crippen molar-refractivity contribution >= 4 is 21.9 Å². The minimum Gasteiger partial charge on any atom is -0.493 e. The van der Waals surface area contributed by atoms with E-state index in [-0.39, 0.29) is 17.1 Å². The van der Waals surface area contributed by atoms with Gasteiger partial charge in [-0.2, -0.15) is 0 Å². The van der Waals surface area contributed by atoms with Crippen LogP contribution in [-0.2, 0) is 10.2 Å². The van der Waals surface area contributed by atoms with E-state index in [2.05, 4.69) is 15.9 Å². The molecule has 0 saturated heterocycles. The molecule has 0 aromatic heterocycles. The topological polar surface area (TPSA) is 55.8 Å². The first-order valence-corrected chi connectivity index (χ1v) is 6.61. The van der Waals surface area contributed by atoms with Crippen molar-refractivity contribution in [3.63, 3.8) is 0 Å². The summed E-state index contributed by atoms with van der Waals surface area (Å²) in [6, 6.07) is 1.54. The number of carboxylic acid groups (broad SMARTS) is 1. The lowest BCUT2D eigenvalue weighted by atomic mass is 9.64. The van der Waals surface area contributed by atoms with E-state index in [0.717, 1.165) is 6.42 Å². The lowest BCUT2D eigenvalue weighted by Crippen LogP contribution is -2.43. The minimum absolute atomic E-state index is 0.0618. The summed E-state index contributed by atoms with van der Waals surface area (Å²) >= 11 is 3.24. The van der Waals surface area contributed by atoms with Crippen molar-refractivity contribution in [3.8, 4) is 11.5 Å². The molecule has 0 spiro atoms. The van der Waals surface area contributed by atoms with E-state index in [1.54, 1.807) is 6.07 Å². The Hall–Kier alpha value is -1.30. The zero-order chi connectivity index (χ0) is 14.2. The molecule has 0 atom stereocenters. The Morgan fingerprint density at radius 2 is 2.05 bits per heavy atom. The summed E-state index contributed by atoms with van der Waals surface area (Å²) in [7, 11) is 2.73. The molecule has 1 aliphatic rings. The Balaban J connectivity index is 2.67. The molecule has 1 saturated carbocycles. The normalized spacial score (nSPS) is 16.6. The molecule has 1 N–H and O–H groups in total. The van der Waals surface area contributed by atoms with Crippen molar-refractivity contribution in [1.82, 2.24) is 0 Å². The van der Waals surface area contributed by atoms with Gasteiger partial charge in [-0.15, -0.1) is 0 Å². The molecule has 0 unspecified atom stereocenters.